The molecule has 0 unspecified atom stereocenters. The zero-order valence-electron chi connectivity index (χ0n) is 10.4. The zero-order chi connectivity index (χ0) is 13.8. The molecule has 19 heavy (non-hydrogen) atoms. The van der Waals surface area contributed by atoms with Crippen LogP contribution in [0.2, 0.25) is 0 Å². The first-order valence-electron chi connectivity index (χ1n) is 5.86. The third kappa shape index (κ3) is 3.05. The van der Waals surface area contributed by atoms with Gasteiger partial charge in [0, 0.05) is 13.1 Å². The molecule has 0 amide bonds. The smallest absolute Gasteiger partial charge is 0.187 e. The van der Waals surface area contributed by atoms with Crippen LogP contribution in [0.3, 0.4) is 0 Å². The molecule has 2 N–H and O–H groups in total. The number of halogens is 2. The highest BCUT2D eigenvalue weighted by atomic mass is 19.1. The van der Waals surface area contributed by atoms with E-state index in [1.165, 1.54) is 0 Å². The average Bonchev–Trinajstić information content (AvgIpc) is 2.83. The lowest BCUT2D eigenvalue weighted by molar-refractivity contribution is 0.395. The second-order valence-corrected chi connectivity index (χ2v) is 4.04. The normalized spacial score (nSPS) is 10.9. The van der Waals surface area contributed by atoms with Crippen LogP contribution in [0.1, 0.15) is 18.3 Å². The fraction of sp³-hybridized carbons (Fsp3) is 0.333. The second-order valence-electron chi connectivity index (χ2n) is 4.04. The van der Waals surface area contributed by atoms with Crippen LogP contribution in [0.4, 0.5) is 8.78 Å². The summed E-state index contributed by atoms with van der Waals surface area (Å²) in [6, 6.07) is 2.19. The van der Waals surface area contributed by atoms with Gasteiger partial charge < -0.3 is 15.0 Å². The van der Waals surface area contributed by atoms with Crippen LogP contribution in [0.25, 0.3) is 0 Å². The zero-order valence-corrected chi connectivity index (χ0v) is 10.4. The van der Waals surface area contributed by atoms with Gasteiger partial charge in [0.05, 0.1) is 6.54 Å². The van der Waals surface area contributed by atoms with Gasteiger partial charge in [-0.1, -0.05) is 0 Å². The van der Waals surface area contributed by atoms with Crippen molar-refractivity contribution in [1.82, 2.24) is 20.1 Å². The van der Waals surface area contributed by atoms with Crippen LogP contribution in [0.15, 0.2) is 18.5 Å². The summed E-state index contributed by atoms with van der Waals surface area (Å²) in [5.74, 6) is -2.13. The first kappa shape index (κ1) is 13.4. The van der Waals surface area contributed by atoms with Gasteiger partial charge in [0.15, 0.2) is 17.4 Å². The molecular weight excluding hydrogens is 254 g/mol. The highest BCUT2D eigenvalue weighted by Gasteiger charge is 2.09. The average molecular weight is 268 g/mol. The number of aromatic hydroxyl groups is 1. The number of benzene rings is 1. The lowest BCUT2D eigenvalue weighted by Gasteiger charge is -2.07. The Kier molecular flexibility index (Phi) is 4.06. The van der Waals surface area contributed by atoms with E-state index >= 15 is 0 Å². The van der Waals surface area contributed by atoms with Crippen molar-refractivity contribution < 1.29 is 13.9 Å². The first-order valence-corrected chi connectivity index (χ1v) is 5.86. The van der Waals surface area contributed by atoms with E-state index in [4.69, 9.17) is 5.11 Å². The molecule has 0 aliphatic carbocycles. The van der Waals surface area contributed by atoms with Gasteiger partial charge in [-0.3, -0.25) is 0 Å². The molecule has 0 spiro atoms. The summed E-state index contributed by atoms with van der Waals surface area (Å²) in [5.41, 5.74) is 0.412. The fourth-order valence-corrected chi connectivity index (χ4v) is 1.72. The molecule has 0 bridgehead atoms. The summed E-state index contributed by atoms with van der Waals surface area (Å²) in [5, 5.41) is 19.7. The Morgan fingerprint density at radius 2 is 1.95 bits per heavy atom. The molecule has 0 fully saturated rings. The molecule has 0 saturated heterocycles. The molecule has 7 heteroatoms. The lowest BCUT2D eigenvalue weighted by Crippen LogP contribution is -2.16. The van der Waals surface area contributed by atoms with E-state index in [0.29, 0.717) is 12.1 Å². The van der Waals surface area contributed by atoms with E-state index in [0.717, 1.165) is 24.5 Å². The van der Waals surface area contributed by atoms with Gasteiger partial charge in [-0.05, 0) is 24.6 Å². The van der Waals surface area contributed by atoms with Crippen molar-refractivity contribution in [1.29, 1.82) is 0 Å². The lowest BCUT2D eigenvalue weighted by atomic mass is 10.2. The molecule has 2 rings (SSSR count). The molecule has 0 atom stereocenters. The molecule has 0 aliphatic heterocycles. The Morgan fingerprint density at radius 1 is 1.26 bits per heavy atom. The minimum atomic E-state index is -0.964. The quantitative estimate of drug-likeness (QED) is 0.864. The standard InChI is InChI=1S/C12H14F2N4O/c1-2-18-7-16-17-11(18)6-15-5-8-3-9(13)12(19)10(14)4-8/h3-4,7,15,19H,2,5-6H2,1H3. The largest absolute Gasteiger partial charge is 0.503 e. The van der Waals surface area contributed by atoms with Crippen molar-refractivity contribution in [2.24, 2.45) is 0 Å². The Balaban J connectivity index is 1.96. The van der Waals surface area contributed by atoms with Gasteiger partial charge in [0.1, 0.15) is 12.2 Å². The predicted molar refractivity (Wildman–Crippen MR) is 64.3 cm³/mol. The van der Waals surface area contributed by atoms with Crippen LogP contribution in [-0.4, -0.2) is 19.9 Å². The van der Waals surface area contributed by atoms with Gasteiger partial charge in [-0.25, -0.2) is 8.78 Å². The molecular formula is C12H14F2N4O. The molecule has 102 valence electrons. The second kappa shape index (κ2) is 5.75. The Bertz CT molecular complexity index is 548. The van der Waals surface area contributed by atoms with Crippen molar-refractivity contribution in [3.63, 3.8) is 0 Å². The van der Waals surface area contributed by atoms with Crippen LogP contribution in [-0.2, 0) is 19.6 Å². The van der Waals surface area contributed by atoms with Crippen molar-refractivity contribution in [3.8, 4) is 5.75 Å². The molecule has 1 heterocycles. The number of nitrogens with zero attached hydrogens (tertiary/aromatic N) is 3. The highest BCUT2D eigenvalue weighted by Crippen LogP contribution is 2.21. The Labute approximate surface area is 108 Å². The van der Waals surface area contributed by atoms with Crippen molar-refractivity contribution in [3.05, 3.63) is 41.5 Å². The summed E-state index contributed by atoms with van der Waals surface area (Å²) in [4.78, 5) is 0. The summed E-state index contributed by atoms with van der Waals surface area (Å²) in [6.45, 7) is 3.44. The van der Waals surface area contributed by atoms with Crippen LogP contribution in [0, 0.1) is 11.6 Å². The van der Waals surface area contributed by atoms with Crippen molar-refractivity contribution in [2.75, 3.05) is 0 Å². The van der Waals surface area contributed by atoms with Gasteiger partial charge in [-0.2, -0.15) is 0 Å². The van der Waals surface area contributed by atoms with Gasteiger partial charge in [0.2, 0.25) is 0 Å². The van der Waals surface area contributed by atoms with Crippen LogP contribution in [0.5, 0.6) is 5.75 Å². The first-order chi connectivity index (χ1) is 9.11. The van der Waals surface area contributed by atoms with Crippen molar-refractivity contribution in [2.45, 2.75) is 26.6 Å². The summed E-state index contributed by atoms with van der Waals surface area (Å²) < 4.78 is 28.1. The van der Waals surface area contributed by atoms with Crippen LogP contribution >= 0.6 is 0 Å². The monoisotopic (exact) mass is 268 g/mol. The fourth-order valence-electron chi connectivity index (χ4n) is 1.72. The SMILES string of the molecule is CCn1cnnc1CNCc1cc(F)c(O)c(F)c1. The molecule has 0 saturated carbocycles. The number of rotatable bonds is 5. The van der Waals surface area contributed by atoms with E-state index in [1.807, 2.05) is 11.5 Å². The summed E-state index contributed by atoms with van der Waals surface area (Å²) >= 11 is 0. The minimum Gasteiger partial charge on any atom is -0.503 e. The Hall–Kier alpha value is -2.02. The molecule has 1 aromatic carbocycles. The number of aromatic nitrogens is 3. The maximum Gasteiger partial charge on any atom is 0.187 e. The number of nitrogens with one attached hydrogen (secondary N) is 1. The maximum atomic E-state index is 13.1. The topological polar surface area (TPSA) is 63.0 Å². The maximum absolute atomic E-state index is 13.1. The van der Waals surface area contributed by atoms with Crippen LogP contribution < -0.4 is 5.32 Å². The van der Waals surface area contributed by atoms with E-state index < -0.39 is 17.4 Å². The number of hydrogen-bond donors (Lipinski definition) is 2. The number of phenols is 1. The molecule has 2 aromatic rings. The summed E-state index contributed by atoms with van der Waals surface area (Å²) in [6.07, 6.45) is 1.62. The highest BCUT2D eigenvalue weighted by molar-refractivity contribution is 5.29. The predicted octanol–water partition coefficient (Wildman–Crippen LogP) is 1.57. The van der Waals surface area contributed by atoms with E-state index in [2.05, 4.69) is 15.5 Å². The minimum absolute atomic E-state index is 0.269. The number of aryl methyl sites for hydroxylation is 1. The van der Waals surface area contributed by atoms with E-state index in [-0.39, 0.29) is 6.54 Å². The van der Waals surface area contributed by atoms with E-state index in [1.54, 1.807) is 6.33 Å². The third-order valence-electron chi connectivity index (χ3n) is 2.73. The molecule has 0 aliphatic rings. The number of hydrogen-bond acceptors (Lipinski definition) is 4. The molecule has 5 nitrogen and oxygen atoms in total. The molecule has 1 aromatic heterocycles. The van der Waals surface area contributed by atoms with Gasteiger partial charge in [0.25, 0.3) is 0 Å². The number of phenolic OH excluding ortho intramolecular Hbond substituents is 1. The van der Waals surface area contributed by atoms with E-state index in [9.17, 15) is 8.78 Å². The molecule has 0 radical (unpaired) electrons. The van der Waals surface area contributed by atoms with Gasteiger partial charge >= 0.3 is 0 Å². The summed E-state index contributed by atoms with van der Waals surface area (Å²) in [7, 11) is 0. The Morgan fingerprint density at radius 3 is 2.58 bits per heavy atom. The van der Waals surface area contributed by atoms with Gasteiger partial charge in [-0.15, -0.1) is 10.2 Å². The third-order valence-corrected chi connectivity index (χ3v) is 2.73. The van der Waals surface area contributed by atoms with Crippen molar-refractivity contribution >= 4 is 0 Å².